The molecule has 1 fully saturated rings. The van der Waals surface area contributed by atoms with E-state index in [1.54, 1.807) is 35.9 Å². The van der Waals surface area contributed by atoms with Gasteiger partial charge in [-0.05, 0) is 50.2 Å². The number of nitrogens with zero attached hydrogens (tertiary/aromatic N) is 2. The van der Waals surface area contributed by atoms with Crippen LogP contribution in [-0.4, -0.2) is 48.1 Å². The van der Waals surface area contributed by atoms with Crippen LogP contribution in [0.3, 0.4) is 0 Å². The monoisotopic (exact) mass is 400 g/mol. The van der Waals surface area contributed by atoms with E-state index in [1.165, 1.54) is 0 Å². The molecular formula is C21H24N2O4S. The minimum Gasteiger partial charge on any atom is -0.494 e. The molecule has 0 aliphatic carbocycles. The fraction of sp³-hybridized carbons (Fsp3) is 0.333. The van der Waals surface area contributed by atoms with Gasteiger partial charge in [-0.1, -0.05) is 23.9 Å². The number of benzene rings is 2. The van der Waals surface area contributed by atoms with Crippen LogP contribution in [0.25, 0.3) is 0 Å². The molecule has 0 saturated carbocycles. The molecule has 0 aromatic heterocycles. The van der Waals surface area contributed by atoms with Crippen LogP contribution >= 0.6 is 11.8 Å². The fourth-order valence-corrected chi connectivity index (χ4v) is 3.94. The maximum atomic E-state index is 12.8. The second-order valence-corrected chi connectivity index (χ2v) is 7.17. The number of para-hydroxylation sites is 2. The first-order valence-corrected chi connectivity index (χ1v) is 10.1. The Labute approximate surface area is 169 Å². The summed E-state index contributed by atoms with van der Waals surface area (Å²) >= 11 is 1.57. The lowest BCUT2D eigenvalue weighted by molar-refractivity contribution is -0.130. The van der Waals surface area contributed by atoms with Gasteiger partial charge in [-0.3, -0.25) is 9.69 Å². The van der Waals surface area contributed by atoms with E-state index in [2.05, 4.69) is 4.99 Å². The Bertz CT molecular complexity index is 839. The number of carbonyl (C=O) groups excluding carboxylic acids is 1. The highest BCUT2D eigenvalue weighted by molar-refractivity contribution is 8.14. The highest BCUT2D eigenvalue weighted by atomic mass is 32.2. The number of amidine groups is 1. The van der Waals surface area contributed by atoms with Crippen LogP contribution in [0.2, 0.25) is 0 Å². The van der Waals surface area contributed by atoms with Gasteiger partial charge >= 0.3 is 0 Å². The van der Waals surface area contributed by atoms with E-state index in [0.29, 0.717) is 23.3 Å². The molecule has 0 bridgehead atoms. The van der Waals surface area contributed by atoms with E-state index < -0.39 is 0 Å². The van der Waals surface area contributed by atoms with Crippen molar-refractivity contribution in [3.63, 3.8) is 0 Å². The minimum atomic E-state index is -0.131. The molecule has 0 spiro atoms. The second-order valence-electron chi connectivity index (χ2n) is 6.18. The van der Waals surface area contributed by atoms with Crippen molar-refractivity contribution in [1.29, 1.82) is 0 Å². The van der Waals surface area contributed by atoms with Crippen LogP contribution in [0.1, 0.15) is 13.8 Å². The summed E-state index contributed by atoms with van der Waals surface area (Å²) < 4.78 is 16.4. The summed E-state index contributed by atoms with van der Waals surface area (Å²) in [6.45, 7) is 4.50. The van der Waals surface area contributed by atoms with E-state index in [-0.39, 0.29) is 18.6 Å². The number of aliphatic imine (C=N–C) groups is 1. The first-order valence-electron chi connectivity index (χ1n) is 9.14. The molecule has 6 nitrogen and oxygen atoms in total. The summed E-state index contributed by atoms with van der Waals surface area (Å²) in [5, 5.41) is 0.685. The van der Waals surface area contributed by atoms with Crippen LogP contribution in [0.4, 0.5) is 5.69 Å². The summed E-state index contributed by atoms with van der Waals surface area (Å²) in [5.41, 5.74) is 0.781. The fourth-order valence-electron chi connectivity index (χ4n) is 2.81. The van der Waals surface area contributed by atoms with Crippen molar-refractivity contribution in [1.82, 2.24) is 4.90 Å². The topological polar surface area (TPSA) is 60.4 Å². The molecule has 1 atom stereocenters. The molecule has 7 heteroatoms. The highest BCUT2D eigenvalue weighted by Crippen LogP contribution is 2.29. The van der Waals surface area contributed by atoms with Gasteiger partial charge in [0.05, 0.1) is 19.4 Å². The molecule has 1 amide bonds. The Morgan fingerprint density at radius 2 is 1.86 bits per heavy atom. The molecule has 2 aromatic carbocycles. The maximum Gasteiger partial charge on any atom is 0.266 e. The van der Waals surface area contributed by atoms with Crippen molar-refractivity contribution < 1.29 is 19.0 Å². The van der Waals surface area contributed by atoms with Crippen molar-refractivity contribution in [3.8, 4) is 17.2 Å². The molecule has 3 rings (SSSR count). The number of carbonyl (C=O) groups is 1. The third-order valence-electron chi connectivity index (χ3n) is 4.16. The molecule has 0 N–H and O–H groups in total. The number of thioether (sulfide) groups is 1. The van der Waals surface area contributed by atoms with Crippen molar-refractivity contribution in [2.45, 2.75) is 19.9 Å². The molecule has 1 saturated heterocycles. The van der Waals surface area contributed by atoms with Crippen molar-refractivity contribution in [2.24, 2.45) is 4.99 Å². The highest BCUT2D eigenvalue weighted by Gasteiger charge is 2.32. The SMILES string of the molecule is CCOc1ccc(N=C2SC[C@H](C)N2C(=O)COc2ccccc2OC)cc1. The molecular weight excluding hydrogens is 376 g/mol. The predicted molar refractivity (Wildman–Crippen MR) is 112 cm³/mol. The minimum absolute atomic E-state index is 0.0558. The average molecular weight is 401 g/mol. The third-order valence-corrected chi connectivity index (χ3v) is 5.36. The molecule has 1 aliphatic rings. The van der Waals surface area contributed by atoms with E-state index in [9.17, 15) is 4.79 Å². The Hall–Kier alpha value is -2.67. The molecule has 148 valence electrons. The van der Waals surface area contributed by atoms with E-state index >= 15 is 0 Å². The maximum absolute atomic E-state index is 12.8. The van der Waals surface area contributed by atoms with Crippen LogP contribution in [-0.2, 0) is 4.79 Å². The lowest BCUT2D eigenvalue weighted by Crippen LogP contribution is -2.40. The molecule has 2 aromatic rings. The van der Waals surface area contributed by atoms with Gasteiger partial charge in [-0.15, -0.1) is 0 Å². The number of amides is 1. The van der Waals surface area contributed by atoms with Crippen LogP contribution in [0.15, 0.2) is 53.5 Å². The van der Waals surface area contributed by atoms with Gasteiger partial charge in [0.25, 0.3) is 5.91 Å². The predicted octanol–water partition coefficient (Wildman–Crippen LogP) is 4.12. The number of hydrogen-bond donors (Lipinski definition) is 0. The second kappa shape index (κ2) is 9.50. The van der Waals surface area contributed by atoms with E-state index in [0.717, 1.165) is 17.2 Å². The van der Waals surface area contributed by atoms with E-state index in [4.69, 9.17) is 14.2 Å². The molecule has 28 heavy (non-hydrogen) atoms. The van der Waals surface area contributed by atoms with Gasteiger partial charge < -0.3 is 14.2 Å². The number of ether oxygens (including phenoxy) is 3. The average Bonchev–Trinajstić information content (AvgIpc) is 3.08. The summed E-state index contributed by atoms with van der Waals surface area (Å²) in [6.07, 6.45) is 0. The largest absolute Gasteiger partial charge is 0.494 e. The van der Waals surface area contributed by atoms with Gasteiger partial charge in [-0.2, -0.15) is 0 Å². The number of rotatable bonds is 7. The van der Waals surface area contributed by atoms with E-state index in [1.807, 2.05) is 50.2 Å². The number of methoxy groups -OCH3 is 1. The zero-order valence-corrected chi connectivity index (χ0v) is 17.1. The van der Waals surface area contributed by atoms with Crippen LogP contribution in [0.5, 0.6) is 17.2 Å². The Morgan fingerprint density at radius 3 is 2.54 bits per heavy atom. The third kappa shape index (κ3) is 4.78. The Morgan fingerprint density at radius 1 is 1.14 bits per heavy atom. The Balaban J connectivity index is 1.70. The standard InChI is InChI=1S/C21H24N2O4S/c1-4-26-17-11-9-16(10-12-17)22-21-23(15(2)14-28-21)20(24)13-27-19-8-6-5-7-18(19)25-3/h5-12,15H,4,13-14H2,1-3H3/t15-/m0/s1. The Kier molecular flexibility index (Phi) is 6.81. The van der Waals surface area contributed by atoms with Gasteiger partial charge in [0.15, 0.2) is 23.3 Å². The summed E-state index contributed by atoms with van der Waals surface area (Å²) in [5.74, 6) is 2.62. The lowest BCUT2D eigenvalue weighted by Gasteiger charge is -2.21. The number of hydrogen-bond acceptors (Lipinski definition) is 6. The van der Waals surface area contributed by atoms with Crippen molar-refractivity contribution in [2.75, 3.05) is 26.1 Å². The normalized spacial score (nSPS) is 17.6. The summed E-state index contributed by atoms with van der Waals surface area (Å²) in [6, 6.07) is 14.9. The quantitative estimate of drug-likeness (QED) is 0.700. The molecule has 0 radical (unpaired) electrons. The zero-order valence-electron chi connectivity index (χ0n) is 16.3. The van der Waals surface area contributed by atoms with Crippen LogP contribution in [0, 0.1) is 0 Å². The summed E-state index contributed by atoms with van der Waals surface area (Å²) in [4.78, 5) is 19.2. The zero-order chi connectivity index (χ0) is 19.9. The van der Waals surface area contributed by atoms with Gasteiger partial charge in [0, 0.05) is 11.8 Å². The molecule has 1 heterocycles. The van der Waals surface area contributed by atoms with Crippen molar-refractivity contribution in [3.05, 3.63) is 48.5 Å². The van der Waals surface area contributed by atoms with Gasteiger partial charge in [0.1, 0.15) is 5.75 Å². The van der Waals surface area contributed by atoms with Gasteiger partial charge in [-0.25, -0.2) is 4.99 Å². The first kappa shape index (κ1) is 20.1. The molecule has 1 aliphatic heterocycles. The van der Waals surface area contributed by atoms with Gasteiger partial charge in [0.2, 0.25) is 0 Å². The van der Waals surface area contributed by atoms with Crippen molar-refractivity contribution >= 4 is 28.5 Å². The summed E-state index contributed by atoms with van der Waals surface area (Å²) in [7, 11) is 1.57. The van der Waals surface area contributed by atoms with Crippen LogP contribution < -0.4 is 14.2 Å². The lowest BCUT2D eigenvalue weighted by atomic mass is 10.3. The first-order chi connectivity index (χ1) is 13.6. The molecule has 0 unspecified atom stereocenters. The smallest absolute Gasteiger partial charge is 0.266 e.